The van der Waals surface area contributed by atoms with Crippen LogP contribution in [0, 0.1) is 0 Å². The number of benzene rings is 2. The van der Waals surface area contributed by atoms with E-state index in [-0.39, 0.29) is 16.0 Å². The number of sulfonamides is 1. The zero-order valence-electron chi connectivity index (χ0n) is 16.4. The number of nitrogens with zero attached hydrogens (tertiary/aromatic N) is 1. The lowest BCUT2D eigenvalue weighted by Gasteiger charge is -2.25. The molecule has 1 saturated heterocycles. The Bertz CT molecular complexity index is 1080. The van der Waals surface area contributed by atoms with E-state index in [4.69, 9.17) is 4.74 Å². The number of rotatable bonds is 6. The zero-order valence-corrected chi connectivity index (χ0v) is 17.2. The molecule has 0 aliphatic carbocycles. The fourth-order valence-corrected chi connectivity index (χ4v) is 4.77. The second-order valence-corrected chi connectivity index (χ2v) is 9.01. The lowest BCUT2D eigenvalue weighted by Crippen LogP contribution is -2.35. The first-order valence-corrected chi connectivity index (χ1v) is 11.0. The van der Waals surface area contributed by atoms with Crippen LogP contribution in [0.15, 0.2) is 53.4 Å². The zero-order chi connectivity index (χ0) is 22.6. The number of alkyl halides is 3. The van der Waals surface area contributed by atoms with Gasteiger partial charge in [-0.2, -0.15) is 17.5 Å². The van der Waals surface area contributed by atoms with Gasteiger partial charge >= 0.3 is 12.1 Å². The van der Waals surface area contributed by atoms with Crippen molar-refractivity contribution in [3.63, 3.8) is 0 Å². The topological polar surface area (TPSA) is 80.8 Å². The molecular weight excluding hydrogens is 435 g/mol. The maximum absolute atomic E-state index is 12.8. The van der Waals surface area contributed by atoms with Crippen molar-refractivity contribution in [3.05, 3.63) is 65.2 Å². The van der Waals surface area contributed by atoms with E-state index < -0.39 is 40.1 Å². The summed E-state index contributed by atoms with van der Waals surface area (Å²) in [7, 11) is -3.76. The van der Waals surface area contributed by atoms with Crippen LogP contribution in [0.25, 0.3) is 0 Å². The van der Waals surface area contributed by atoms with Crippen LogP contribution in [-0.4, -0.2) is 44.2 Å². The van der Waals surface area contributed by atoms with E-state index in [1.54, 1.807) is 0 Å². The van der Waals surface area contributed by atoms with E-state index in [2.05, 4.69) is 0 Å². The Kier molecular flexibility index (Phi) is 6.80. The Morgan fingerprint density at radius 1 is 0.935 bits per heavy atom. The summed E-state index contributed by atoms with van der Waals surface area (Å²) in [5.74, 6) is -1.76. The second kappa shape index (κ2) is 9.19. The van der Waals surface area contributed by atoms with Crippen LogP contribution in [0.1, 0.15) is 45.5 Å². The Morgan fingerprint density at radius 3 is 2.26 bits per heavy atom. The largest absolute Gasteiger partial charge is 0.454 e. The molecule has 2 aromatic carbocycles. The summed E-state index contributed by atoms with van der Waals surface area (Å²) in [6.07, 6.45) is -2.12. The summed E-state index contributed by atoms with van der Waals surface area (Å²) < 4.78 is 70.1. The van der Waals surface area contributed by atoms with Crippen molar-refractivity contribution < 1.29 is 35.9 Å². The minimum atomic E-state index is -4.60. The molecule has 10 heteroatoms. The molecule has 1 aliphatic rings. The van der Waals surface area contributed by atoms with Gasteiger partial charge in [-0.3, -0.25) is 4.79 Å². The van der Waals surface area contributed by atoms with Crippen LogP contribution in [0.4, 0.5) is 13.2 Å². The van der Waals surface area contributed by atoms with Crippen LogP contribution >= 0.6 is 0 Å². The van der Waals surface area contributed by atoms with E-state index in [0.717, 1.165) is 31.4 Å². The third-order valence-electron chi connectivity index (χ3n) is 4.87. The molecule has 0 radical (unpaired) electrons. The molecule has 0 bridgehead atoms. The van der Waals surface area contributed by atoms with Gasteiger partial charge in [-0.15, -0.1) is 0 Å². The van der Waals surface area contributed by atoms with E-state index in [9.17, 15) is 31.2 Å². The van der Waals surface area contributed by atoms with Crippen LogP contribution < -0.4 is 0 Å². The Morgan fingerprint density at radius 2 is 1.58 bits per heavy atom. The third kappa shape index (κ3) is 5.50. The monoisotopic (exact) mass is 455 g/mol. The molecule has 31 heavy (non-hydrogen) atoms. The molecule has 166 valence electrons. The number of hydrogen-bond acceptors (Lipinski definition) is 5. The van der Waals surface area contributed by atoms with Crippen molar-refractivity contribution >= 4 is 21.8 Å². The predicted octanol–water partition coefficient (Wildman–Crippen LogP) is 3.92. The Hall–Kier alpha value is -2.72. The third-order valence-corrected chi connectivity index (χ3v) is 6.76. The van der Waals surface area contributed by atoms with Gasteiger partial charge in [0.2, 0.25) is 10.0 Å². The highest BCUT2D eigenvalue weighted by Crippen LogP contribution is 2.29. The molecule has 0 aromatic heterocycles. The number of halogens is 3. The van der Waals surface area contributed by atoms with Crippen molar-refractivity contribution in [2.75, 3.05) is 19.7 Å². The molecule has 1 heterocycles. The van der Waals surface area contributed by atoms with Gasteiger partial charge in [-0.1, -0.05) is 24.6 Å². The first-order valence-electron chi connectivity index (χ1n) is 9.57. The van der Waals surface area contributed by atoms with Gasteiger partial charge in [-0.05, 0) is 43.2 Å². The predicted molar refractivity (Wildman–Crippen MR) is 105 cm³/mol. The molecule has 0 amide bonds. The minimum absolute atomic E-state index is 0.0620. The molecule has 0 atom stereocenters. The number of Topliss-reactive ketones (excluding diaryl/α,β-unsaturated/α-hetero) is 1. The van der Waals surface area contributed by atoms with Crippen molar-refractivity contribution in [3.8, 4) is 0 Å². The maximum atomic E-state index is 12.8. The highest BCUT2D eigenvalue weighted by atomic mass is 32.2. The molecule has 0 unspecified atom stereocenters. The summed E-state index contributed by atoms with van der Waals surface area (Å²) in [6.45, 7) is 0.0360. The molecule has 6 nitrogen and oxygen atoms in total. The van der Waals surface area contributed by atoms with Crippen molar-refractivity contribution in [2.24, 2.45) is 0 Å². The van der Waals surface area contributed by atoms with E-state index >= 15 is 0 Å². The Balaban J connectivity index is 1.69. The van der Waals surface area contributed by atoms with Crippen LogP contribution in [0.2, 0.25) is 0 Å². The fraction of sp³-hybridized carbons (Fsp3) is 0.333. The summed E-state index contributed by atoms with van der Waals surface area (Å²) in [6, 6.07) is 9.06. The normalized spacial score (nSPS) is 15.5. The average Bonchev–Trinajstić information content (AvgIpc) is 2.77. The van der Waals surface area contributed by atoms with E-state index in [1.165, 1.54) is 34.6 Å². The van der Waals surface area contributed by atoms with Gasteiger partial charge in [0.25, 0.3) is 0 Å². The summed E-state index contributed by atoms with van der Waals surface area (Å²) >= 11 is 0. The first kappa shape index (κ1) is 23.0. The van der Waals surface area contributed by atoms with Crippen molar-refractivity contribution in [1.82, 2.24) is 4.31 Å². The minimum Gasteiger partial charge on any atom is -0.454 e. The number of esters is 1. The van der Waals surface area contributed by atoms with E-state index in [1.807, 2.05) is 0 Å². The fourth-order valence-electron chi connectivity index (χ4n) is 3.20. The number of carbonyl (C=O) groups is 2. The number of carbonyl (C=O) groups excluding carboxylic acids is 2. The summed E-state index contributed by atoms with van der Waals surface area (Å²) in [4.78, 5) is 24.4. The first-order chi connectivity index (χ1) is 14.6. The van der Waals surface area contributed by atoms with Crippen molar-refractivity contribution in [1.29, 1.82) is 0 Å². The van der Waals surface area contributed by atoms with Gasteiger partial charge in [0.1, 0.15) is 0 Å². The van der Waals surface area contributed by atoms with E-state index in [0.29, 0.717) is 19.2 Å². The molecule has 0 N–H and O–H groups in total. The highest BCUT2D eigenvalue weighted by molar-refractivity contribution is 7.89. The van der Waals surface area contributed by atoms with Gasteiger partial charge in [0.15, 0.2) is 12.4 Å². The van der Waals surface area contributed by atoms with Crippen LogP contribution in [0.3, 0.4) is 0 Å². The maximum Gasteiger partial charge on any atom is 0.416 e. The highest BCUT2D eigenvalue weighted by Gasteiger charge is 2.31. The lowest BCUT2D eigenvalue weighted by molar-refractivity contribution is -0.137. The number of ketones is 1. The molecule has 1 fully saturated rings. The average molecular weight is 455 g/mol. The summed E-state index contributed by atoms with van der Waals surface area (Å²) in [5, 5.41) is 0. The number of piperidine rings is 1. The second-order valence-electron chi connectivity index (χ2n) is 7.07. The van der Waals surface area contributed by atoms with Gasteiger partial charge < -0.3 is 4.74 Å². The Labute approximate surface area is 177 Å². The quantitative estimate of drug-likeness (QED) is 0.487. The molecule has 0 saturated carbocycles. The van der Waals surface area contributed by atoms with Crippen LogP contribution in [0.5, 0.6) is 0 Å². The number of hydrogen-bond donors (Lipinski definition) is 0. The SMILES string of the molecule is O=C(COC(=O)c1cccc(S(=O)(=O)N2CCCCC2)c1)c1cccc(C(F)(F)F)c1. The lowest BCUT2D eigenvalue weighted by atomic mass is 10.1. The summed E-state index contributed by atoms with van der Waals surface area (Å²) in [5.41, 5.74) is -1.31. The van der Waals surface area contributed by atoms with Gasteiger partial charge in [0.05, 0.1) is 16.0 Å². The molecule has 3 rings (SSSR count). The van der Waals surface area contributed by atoms with Gasteiger partial charge in [-0.25, -0.2) is 13.2 Å². The van der Waals surface area contributed by atoms with Crippen molar-refractivity contribution in [2.45, 2.75) is 30.3 Å². The standard InChI is InChI=1S/C21H20F3NO5S/c22-21(23,24)17-8-4-6-15(12-17)19(26)14-30-20(27)16-7-5-9-18(13-16)31(28,29)25-10-2-1-3-11-25/h4-9,12-13H,1-3,10-11,14H2. The smallest absolute Gasteiger partial charge is 0.416 e. The van der Waals surface area contributed by atoms with Crippen LogP contribution in [-0.2, 0) is 20.9 Å². The molecule has 2 aromatic rings. The molecule has 0 spiro atoms. The number of ether oxygens (including phenoxy) is 1. The molecule has 1 aliphatic heterocycles. The van der Waals surface area contributed by atoms with Gasteiger partial charge in [0, 0.05) is 18.7 Å². The molecular formula is C21H20F3NO5S.